The summed E-state index contributed by atoms with van der Waals surface area (Å²) in [4.78, 5) is 28.4. The maximum Gasteiger partial charge on any atom is 0.262 e. The molecule has 0 unspecified atom stereocenters. The Bertz CT molecular complexity index is 832. The van der Waals surface area contributed by atoms with Crippen molar-refractivity contribution in [2.24, 2.45) is 0 Å². The highest BCUT2D eigenvalue weighted by Crippen LogP contribution is 2.15. The van der Waals surface area contributed by atoms with E-state index in [0.717, 1.165) is 31.7 Å². The van der Waals surface area contributed by atoms with Crippen molar-refractivity contribution in [1.82, 2.24) is 15.8 Å². The molecule has 3 rings (SSSR count). The number of rotatable bonds is 6. The molecule has 1 saturated heterocycles. The lowest BCUT2D eigenvalue weighted by Crippen LogP contribution is -2.48. The second kappa shape index (κ2) is 10.6. The molecule has 7 heteroatoms. The maximum absolute atomic E-state index is 12.0. The Hall–Kier alpha value is -2.83. The molecule has 0 aliphatic carbocycles. The molecule has 0 aromatic heterocycles. The molecule has 6 nitrogen and oxygen atoms in total. The van der Waals surface area contributed by atoms with E-state index in [1.807, 2.05) is 30.3 Å². The number of nitrogens with one attached hydrogen (secondary N) is 2. The summed E-state index contributed by atoms with van der Waals surface area (Å²) in [5.74, 6) is -0.589. The van der Waals surface area contributed by atoms with Crippen molar-refractivity contribution in [3.63, 3.8) is 0 Å². The van der Waals surface area contributed by atoms with Gasteiger partial charge in [-0.15, -0.1) is 0 Å². The van der Waals surface area contributed by atoms with Crippen molar-refractivity contribution >= 4 is 35.2 Å². The Morgan fingerprint density at radius 1 is 0.931 bits per heavy atom. The fourth-order valence-electron chi connectivity index (χ4n) is 3.11. The van der Waals surface area contributed by atoms with Crippen LogP contribution in [0.1, 0.15) is 12.0 Å². The molecule has 1 heterocycles. The Labute approximate surface area is 176 Å². The minimum atomic E-state index is -0.384. The largest absolute Gasteiger partial charge is 0.369 e. The lowest BCUT2D eigenvalue weighted by Gasteiger charge is -2.36. The zero-order valence-electron chi connectivity index (χ0n) is 16.2. The van der Waals surface area contributed by atoms with Gasteiger partial charge in [-0.05, 0) is 35.9 Å². The molecule has 1 aliphatic heterocycles. The first kappa shape index (κ1) is 20.9. The average Bonchev–Trinajstić information content (AvgIpc) is 2.77. The standard InChI is InChI=1S/C22H25ClN4O2/c23-19-9-6-18(7-10-19)8-11-21(28)24-25-22(29)12-13-26-14-16-27(17-15-26)20-4-2-1-3-5-20/h1-11H,12-17H2,(H,24,28)(H,25,29)/b11-8+. The molecular weight excluding hydrogens is 388 g/mol. The van der Waals surface area contributed by atoms with Crippen LogP contribution in [-0.2, 0) is 9.59 Å². The van der Waals surface area contributed by atoms with E-state index in [4.69, 9.17) is 11.6 Å². The van der Waals surface area contributed by atoms with E-state index in [-0.39, 0.29) is 11.8 Å². The summed E-state index contributed by atoms with van der Waals surface area (Å²) in [6.07, 6.45) is 3.36. The molecule has 2 aromatic carbocycles. The minimum Gasteiger partial charge on any atom is -0.369 e. The van der Waals surface area contributed by atoms with Crippen LogP contribution in [0.15, 0.2) is 60.7 Å². The average molecular weight is 413 g/mol. The second-order valence-electron chi connectivity index (χ2n) is 6.84. The number of piperazine rings is 1. The van der Waals surface area contributed by atoms with Crippen molar-refractivity contribution in [3.05, 3.63) is 71.3 Å². The predicted molar refractivity (Wildman–Crippen MR) is 116 cm³/mol. The normalized spacial score (nSPS) is 14.7. The van der Waals surface area contributed by atoms with Gasteiger partial charge >= 0.3 is 0 Å². The van der Waals surface area contributed by atoms with Crippen LogP contribution in [0.25, 0.3) is 6.08 Å². The van der Waals surface area contributed by atoms with Crippen LogP contribution in [0.4, 0.5) is 5.69 Å². The van der Waals surface area contributed by atoms with Crippen LogP contribution in [0.3, 0.4) is 0 Å². The van der Waals surface area contributed by atoms with E-state index in [2.05, 4.69) is 32.8 Å². The Morgan fingerprint density at radius 3 is 2.31 bits per heavy atom. The molecule has 0 atom stereocenters. The number of benzene rings is 2. The molecule has 0 bridgehead atoms. The third-order valence-electron chi connectivity index (χ3n) is 4.77. The molecular formula is C22H25ClN4O2. The summed E-state index contributed by atoms with van der Waals surface area (Å²) in [6.45, 7) is 4.39. The highest BCUT2D eigenvalue weighted by Gasteiger charge is 2.17. The summed E-state index contributed by atoms with van der Waals surface area (Å²) < 4.78 is 0. The topological polar surface area (TPSA) is 64.7 Å². The first-order valence-corrected chi connectivity index (χ1v) is 10.0. The monoisotopic (exact) mass is 412 g/mol. The number of hydrogen-bond donors (Lipinski definition) is 2. The van der Waals surface area contributed by atoms with Crippen LogP contribution in [0.5, 0.6) is 0 Å². The van der Waals surface area contributed by atoms with Crippen molar-refractivity contribution in [1.29, 1.82) is 0 Å². The fourth-order valence-corrected chi connectivity index (χ4v) is 3.24. The SMILES string of the molecule is O=C(/C=C/c1ccc(Cl)cc1)NNC(=O)CCN1CCN(c2ccccc2)CC1. The van der Waals surface area contributed by atoms with Gasteiger partial charge in [0.25, 0.3) is 5.91 Å². The molecule has 2 amide bonds. The van der Waals surface area contributed by atoms with E-state index in [1.54, 1.807) is 18.2 Å². The molecule has 29 heavy (non-hydrogen) atoms. The maximum atomic E-state index is 12.0. The van der Waals surface area contributed by atoms with Gasteiger partial charge in [-0.3, -0.25) is 25.3 Å². The van der Waals surface area contributed by atoms with Crippen LogP contribution in [-0.4, -0.2) is 49.4 Å². The van der Waals surface area contributed by atoms with Crippen LogP contribution >= 0.6 is 11.6 Å². The summed E-state index contributed by atoms with van der Waals surface area (Å²) in [5.41, 5.74) is 6.94. The zero-order valence-corrected chi connectivity index (χ0v) is 16.9. The summed E-state index contributed by atoms with van der Waals surface area (Å²) in [6, 6.07) is 17.5. The smallest absolute Gasteiger partial charge is 0.262 e. The van der Waals surface area contributed by atoms with Gasteiger partial charge in [0.15, 0.2) is 0 Å². The van der Waals surface area contributed by atoms with Gasteiger partial charge in [-0.2, -0.15) is 0 Å². The van der Waals surface area contributed by atoms with E-state index in [1.165, 1.54) is 11.8 Å². The first-order chi connectivity index (χ1) is 14.1. The molecule has 2 N–H and O–H groups in total. The number of carbonyl (C=O) groups is 2. The van der Waals surface area contributed by atoms with Gasteiger partial charge in [-0.1, -0.05) is 41.9 Å². The lowest BCUT2D eigenvalue weighted by atomic mass is 10.2. The number of hydrogen-bond acceptors (Lipinski definition) is 4. The number of amides is 2. The van der Waals surface area contributed by atoms with Crippen LogP contribution in [0.2, 0.25) is 5.02 Å². The minimum absolute atomic E-state index is 0.205. The number of nitrogens with zero attached hydrogens (tertiary/aromatic N) is 2. The van der Waals surface area contributed by atoms with Crippen molar-refractivity contribution in [2.75, 3.05) is 37.6 Å². The van der Waals surface area contributed by atoms with Gasteiger partial charge in [0, 0.05) is 55.9 Å². The first-order valence-electron chi connectivity index (χ1n) is 9.65. The van der Waals surface area contributed by atoms with Crippen molar-refractivity contribution in [2.45, 2.75) is 6.42 Å². The molecule has 0 radical (unpaired) electrons. The summed E-state index contributed by atoms with van der Waals surface area (Å²) >= 11 is 5.82. The molecule has 1 aliphatic rings. The van der Waals surface area contributed by atoms with Crippen LogP contribution < -0.4 is 15.8 Å². The summed E-state index contributed by atoms with van der Waals surface area (Å²) in [7, 11) is 0. The highest BCUT2D eigenvalue weighted by molar-refractivity contribution is 6.30. The Balaban J connectivity index is 1.32. The fraction of sp³-hybridized carbons (Fsp3) is 0.273. The number of hydrazine groups is 1. The lowest BCUT2D eigenvalue weighted by molar-refractivity contribution is -0.127. The van der Waals surface area contributed by atoms with Gasteiger partial charge in [0.1, 0.15) is 0 Å². The third-order valence-corrected chi connectivity index (χ3v) is 5.02. The number of carbonyl (C=O) groups excluding carboxylic acids is 2. The van der Waals surface area contributed by atoms with E-state index in [9.17, 15) is 9.59 Å². The van der Waals surface area contributed by atoms with E-state index >= 15 is 0 Å². The van der Waals surface area contributed by atoms with Gasteiger partial charge < -0.3 is 4.90 Å². The van der Waals surface area contributed by atoms with E-state index in [0.29, 0.717) is 18.0 Å². The number of para-hydroxylation sites is 1. The zero-order chi connectivity index (χ0) is 20.5. The molecule has 152 valence electrons. The summed E-state index contributed by atoms with van der Waals surface area (Å²) in [5, 5.41) is 0.639. The molecule has 0 spiro atoms. The molecule has 1 fully saturated rings. The molecule has 2 aromatic rings. The second-order valence-corrected chi connectivity index (χ2v) is 7.27. The quantitative estimate of drug-likeness (QED) is 0.565. The van der Waals surface area contributed by atoms with Crippen molar-refractivity contribution < 1.29 is 9.59 Å². The van der Waals surface area contributed by atoms with Gasteiger partial charge in [-0.25, -0.2) is 0 Å². The Morgan fingerprint density at radius 2 is 1.62 bits per heavy atom. The molecule has 0 saturated carbocycles. The predicted octanol–water partition coefficient (Wildman–Crippen LogP) is 2.71. The van der Waals surface area contributed by atoms with E-state index < -0.39 is 0 Å². The van der Waals surface area contributed by atoms with Gasteiger partial charge in [0.2, 0.25) is 5.91 Å². The number of anilines is 1. The Kier molecular flexibility index (Phi) is 7.67. The van der Waals surface area contributed by atoms with Crippen molar-refractivity contribution in [3.8, 4) is 0 Å². The third kappa shape index (κ3) is 6.93. The highest BCUT2D eigenvalue weighted by atomic mass is 35.5. The van der Waals surface area contributed by atoms with Crippen LogP contribution in [0, 0.1) is 0 Å². The number of halogens is 1. The van der Waals surface area contributed by atoms with Gasteiger partial charge in [0.05, 0.1) is 0 Å².